The molecule has 0 fully saturated rings. The summed E-state index contributed by atoms with van der Waals surface area (Å²) in [5.41, 5.74) is 4.25. The van der Waals surface area contributed by atoms with Gasteiger partial charge in [0.1, 0.15) is 35.4 Å². The molecule has 3 aromatic heterocycles. The third kappa shape index (κ3) is 7.36. The third-order valence-corrected chi connectivity index (χ3v) is 9.18. The van der Waals surface area contributed by atoms with Crippen LogP contribution >= 0.6 is 11.3 Å². The number of benzene rings is 2. The summed E-state index contributed by atoms with van der Waals surface area (Å²) >= 11 is 1.32. The first-order valence-electron chi connectivity index (χ1n) is 15.4. The maximum atomic E-state index is 16.0. The SMILES string of the molecule is C=CC(=O)N[C@H](C)c1cc(-c2nc(-c3ccc4c(c3)CN(CC(F)(F)F)CC4)c3ccsc3c2-c2c(F)cc(F)cc2OCCOC)n[nH]1. The van der Waals surface area contributed by atoms with Crippen LogP contribution in [0.3, 0.4) is 0 Å². The number of nitrogens with zero attached hydrogens (tertiary/aromatic N) is 3. The van der Waals surface area contributed by atoms with Crippen LogP contribution in [0.2, 0.25) is 0 Å². The van der Waals surface area contributed by atoms with Crippen molar-refractivity contribution in [3.05, 3.63) is 89.0 Å². The van der Waals surface area contributed by atoms with Crippen molar-refractivity contribution < 1.29 is 36.2 Å². The summed E-state index contributed by atoms with van der Waals surface area (Å²) in [5, 5.41) is 12.7. The summed E-state index contributed by atoms with van der Waals surface area (Å²) in [6.07, 6.45) is -2.70. The first-order chi connectivity index (χ1) is 23.5. The number of hydrogen-bond donors (Lipinski definition) is 2. The number of H-pyrrole nitrogens is 1. The van der Waals surface area contributed by atoms with Crippen LogP contribution < -0.4 is 10.1 Å². The number of aromatic nitrogens is 3. The Kier molecular flexibility index (Phi) is 9.82. The highest BCUT2D eigenvalue weighted by molar-refractivity contribution is 7.18. The summed E-state index contributed by atoms with van der Waals surface area (Å²) in [5.74, 6) is -2.15. The summed E-state index contributed by atoms with van der Waals surface area (Å²) in [7, 11) is 1.48. The van der Waals surface area contributed by atoms with Crippen LogP contribution in [0.4, 0.5) is 22.0 Å². The first kappa shape index (κ1) is 34.2. The lowest BCUT2D eigenvalue weighted by Gasteiger charge is -2.29. The Morgan fingerprint density at radius 1 is 1.12 bits per heavy atom. The summed E-state index contributed by atoms with van der Waals surface area (Å²) in [6.45, 7) is 4.84. The second kappa shape index (κ2) is 14.1. The van der Waals surface area contributed by atoms with Crippen LogP contribution in [0, 0.1) is 11.6 Å². The van der Waals surface area contributed by atoms with Gasteiger partial charge in [0.15, 0.2) is 0 Å². The summed E-state index contributed by atoms with van der Waals surface area (Å²) in [4.78, 5) is 18.4. The van der Waals surface area contributed by atoms with Gasteiger partial charge in [0.2, 0.25) is 5.91 Å². The number of ether oxygens (including phenoxy) is 2. The van der Waals surface area contributed by atoms with Crippen LogP contribution in [0.25, 0.3) is 43.9 Å². The Hall–Kier alpha value is -4.66. The molecule has 0 aliphatic carbocycles. The molecule has 0 spiro atoms. The zero-order valence-corrected chi connectivity index (χ0v) is 27.4. The highest BCUT2D eigenvalue weighted by atomic mass is 32.1. The molecule has 1 amide bonds. The molecule has 0 saturated carbocycles. The second-order valence-corrected chi connectivity index (χ2v) is 12.6. The van der Waals surface area contributed by atoms with Gasteiger partial charge in [-0.05, 0) is 54.1 Å². The van der Waals surface area contributed by atoms with E-state index in [1.165, 1.54) is 23.3 Å². The lowest BCUT2D eigenvalue weighted by Crippen LogP contribution is -2.37. The van der Waals surface area contributed by atoms with Gasteiger partial charge in [0, 0.05) is 53.5 Å². The summed E-state index contributed by atoms with van der Waals surface area (Å²) in [6, 6.07) is 10.5. The van der Waals surface area contributed by atoms with Gasteiger partial charge in [0.25, 0.3) is 0 Å². The van der Waals surface area contributed by atoms with Gasteiger partial charge in [-0.25, -0.2) is 13.8 Å². The average Bonchev–Trinajstić information content (AvgIpc) is 3.74. The topological polar surface area (TPSA) is 92.4 Å². The van der Waals surface area contributed by atoms with Crippen molar-refractivity contribution in [2.24, 2.45) is 0 Å². The molecule has 4 heterocycles. The molecule has 0 unspecified atom stereocenters. The Morgan fingerprint density at radius 3 is 2.69 bits per heavy atom. The van der Waals surface area contributed by atoms with Crippen molar-refractivity contribution in [2.75, 3.05) is 33.4 Å². The highest BCUT2D eigenvalue weighted by Gasteiger charge is 2.32. The molecule has 2 N–H and O–H groups in total. The standard InChI is InChI=1S/C35H32F5N5O3S/c1-4-29(46)41-19(2)26-16-27(44-43-26)33-31(30-25(37)14-23(36)15-28(30)48-11-10-47-3)34-24(8-12-49-34)32(42-33)21-6-5-20-7-9-45(17-22(20)13-21)18-35(38,39)40/h4-6,8,12-16,19H,1,7,9-11,17-18H2,2-3H3,(H,41,46)(H,43,44)/t19-/m1/s1. The minimum atomic E-state index is -4.32. The third-order valence-electron chi connectivity index (χ3n) is 8.25. The van der Waals surface area contributed by atoms with Crippen LogP contribution in [0.15, 0.2) is 60.5 Å². The van der Waals surface area contributed by atoms with Crippen LogP contribution in [0.1, 0.15) is 29.8 Å². The minimum Gasteiger partial charge on any atom is -0.490 e. The maximum Gasteiger partial charge on any atom is 0.401 e. The normalized spacial score (nSPS) is 14.1. The van der Waals surface area contributed by atoms with Gasteiger partial charge >= 0.3 is 6.18 Å². The largest absolute Gasteiger partial charge is 0.490 e. The Morgan fingerprint density at radius 2 is 1.94 bits per heavy atom. The molecular formula is C35H32F5N5O3S. The zero-order chi connectivity index (χ0) is 34.9. The van der Waals surface area contributed by atoms with E-state index in [-0.39, 0.29) is 36.8 Å². The smallest absolute Gasteiger partial charge is 0.401 e. The van der Waals surface area contributed by atoms with E-state index in [1.807, 2.05) is 29.6 Å². The number of carbonyl (C=O) groups excluding carboxylic acids is 1. The van der Waals surface area contributed by atoms with E-state index in [4.69, 9.17) is 14.5 Å². The minimum absolute atomic E-state index is 0.0222. The molecule has 49 heavy (non-hydrogen) atoms. The number of alkyl halides is 3. The average molecular weight is 698 g/mol. The van der Waals surface area contributed by atoms with Crippen molar-refractivity contribution in [3.8, 4) is 39.5 Å². The van der Waals surface area contributed by atoms with Crippen molar-refractivity contribution in [3.63, 3.8) is 0 Å². The number of aromatic amines is 1. The van der Waals surface area contributed by atoms with Gasteiger partial charge in [-0.3, -0.25) is 14.8 Å². The van der Waals surface area contributed by atoms with E-state index < -0.39 is 36.3 Å². The predicted octanol–water partition coefficient (Wildman–Crippen LogP) is 7.61. The fraction of sp³-hybridized carbons (Fsp3) is 0.286. The fourth-order valence-electron chi connectivity index (χ4n) is 5.98. The van der Waals surface area contributed by atoms with E-state index in [1.54, 1.807) is 13.0 Å². The monoisotopic (exact) mass is 697 g/mol. The maximum absolute atomic E-state index is 16.0. The molecule has 14 heteroatoms. The first-order valence-corrected chi connectivity index (χ1v) is 16.3. The Balaban J connectivity index is 1.55. The van der Waals surface area contributed by atoms with Gasteiger partial charge < -0.3 is 14.8 Å². The number of halogens is 5. The van der Waals surface area contributed by atoms with Crippen molar-refractivity contribution >= 4 is 27.3 Å². The number of nitrogens with one attached hydrogen (secondary N) is 2. The lowest BCUT2D eigenvalue weighted by molar-refractivity contribution is -0.147. The molecule has 1 aliphatic rings. The van der Waals surface area contributed by atoms with Crippen molar-refractivity contribution in [1.82, 2.24) is 25.4 Å². The second-order valence-electron chi connectivity index (χ2n) is 11.7. The predicted molar refractivity (Wildman–Crippen MR) is 177 cm³/mol. The number of methoxy groups -OCH3 is 1. The molecule has 5 aromatic rings. The Bertz CT molecular complexity index is 2020. The van der Waals surface area contributed by atoms with Crippen molar-refractivity contribution in [2.45, 2.75) is 32.1 Å². The molecule has 0 saturated heterocycles. The molecule has 1 atom stereocenters. The van der Waals surface area contributed by atoms with E-state index in [9.17, 15) is 22.4 Å². The molecular weight excluding hydrogens is 665 g/mol. The highest BCUT2D eigenvalue weighted by Crippen LogP contribution is 2.47. The molecule has 0 radical (unpaired) electrons. The number of fused-ring (bicyclic) bond motifs is 2. The Labute approximate surface area is 282 Å². The number of amides is 1. The summed E-state index contributed by atoms with van der Waals surface area (Å²) < 4.78 is 81.8. The molecule has 2 aromatic carbocycles. The lowest BCUT2D eigenvalue weighted by atomic mass is 9.93. The molecule has 8 nitrogen and oxygen atoms in total. The van der Waals surface area contributed by atoms with Gasteiger partial charge in [-0.2, -0.15) is 18.3 Å². The van der Waals surface area contributed by atoms with Crippen LogP contribution in [0.5, 0.6) is 5.75 Å². The van der Waals surface area contributed by atoms with E-state index in [2.05, 4.69) is 22.1 Å². The van der Waals surface area contributed by atoms with E-state index in [0.29, 0.717) is 51.3 Å². The number of rotatable bonds is 11. The fourth-order valence-corrected chi connectivity index (χ4v) is 6.93. The van der Waals surface area contributed by atoms with Gasteiger partial charge in [-0.15, -0.1) is 11.3 Å². The van der Waals surface area contributed by atoms with Crippen LogP contribution in [-0.2, 0) is 22.5 Å². The van der Waals surface area contributed by atoms with Crippen molar-refractivity contribution in [1.29, 1.82) is 0 Å². The quantitative estimate of drug-likeness (QED) is 0.0839. The number of carbonyl (C=O) groups is 1. The molecule has 6 rings (SSSR count). The van der Waals surface area contributed by atoms with Gasteiger partial charge in [-0.1, -0.05) is 18.7 Å². The molecule has 256 valence electrons. The van der Waals surface area contributed by atoms with Gasteiger partial charge in [0.05, 0.1) is 36.1 Å². The molecule has 0 bridgehead atoms. The van der Waals surface area contributed by atoms with Crippen LogP contribution in [-0.4, -0.2) is 65.6 Å². The number of pyridine rings is 1. The number of thiophene rings is 1. The zero-order valence-electron chi connectivity index (χ0n) is 26.6. The molecule has 1 aliphatic heterocycles. The van der Waals surface area contributed by atoms with E-state index in [0.717, 1.165) is 29.3 Å². The number of hydrogen-bond acceptors (Lipinski definition) is 7. The van der Waals surface area contributed by atoms with E-state index >= 15 is 4.39 Å².